The minimum absolute atomic E-state index is 0.0869. The van der Waals surface area contributed by atoms with E-state index in [1.54, 1.807) is 0 Å². The van der Waals surface area contributed by atoms with Gasteiger partial charge in [-0.3, -0.25) is 0 Å². The van der Waals surface area contributed by atoms with E-state index in [2.05, 4.69) is 248 Å². The molecule has 7 rings (SSSR count). The van der Waals surface area contributed by atoms with E-state index >= 15 is 0 Å². The Morgan fingerprint density at radius 3 is 1.25 bits per heavy atom. The Balaban J connectivity index is 1.22. The lowest BCUT2D eigenvalue weighted by atomic mass is 9.61. The quantitative estimate of drug-likeness (QED) is 0.130. The fraction of sp³-hybridized carbons (Fsp3) is 0.200. The van der Waals surface area contributed by atoms with Crippen molar-refractivity contribution in [3.63, 3.8) is 0 Å². The molecule has 0 saturated heterocycles. The van der Waals surface area contributed by atoms with Crippen molar-refractivity contribution >= 4 is 40.2 Å². The van der Waals surface area contributed by atoms with E-state index in [0.29, 0.717) is 0 Å². The van der Waals surface area contributed by atoms with E-state index in [9.17, 15) is 0 Å². The van der Waals surface area contributed by atoms with E-state index in [0.717, 1.165) is 39.7 Å². The molecule has 0 fully saturated rings. The Morgan fingerprint density at radius 1 is 0.404 bits per heavy atom. The van der Waals surface area contributed by atoms with E-state index in [1.807, 2.05) is 6.08 Å². The smallest absolute Gasteiger partial charge is 0.0540 e. The molecular weight excluding hydrogens is 689 g/mol. The van der Waals surface area contributed by atoms with Crippen LogP contribution in [0.25, 0.3) is 17.2 Å². The molecule has 0 N–H and O–H groups in total. The number of hydrogen-bond acceptors (Lipinski definition) is 2. The van der Waals surface area contributed by atoms with Crippen LogP contribution in [0.3, 0.4) is 0 Å². The van der Waals surface area contributed by atoms with E-state index in [-0.39, 0.29) is 16.2 Å². The molecule has 286 valence electrons. The molecule has 2 heteroatoms. The first-order chi connectivity index (χ1) is 27.3. The topological polar surface area (TPSA) is 6.48 Å². The van der Waals surface area contributed by atoms with Crippen molar-refractivity contribution in [2.45, 2.75) is 71.6 Å². The molecule has 0 bridgehead atoms. The highest BCUT2D eigenvalue weighted by atomic mass is 15.1. The summed E-state index contributed by atoms with van der Waals surface area (Å²) in [6.07, 6.45) is 1.89. The summed E-state index contributed by atoms with van der Waals surface area (Å²) in [5.74, 6) is 0. The van der Waals surface area contributed by atoms with Crippen molar-refractivity contribution in [3.05, 3.63) is 210 Å². The summed E-state index contributed by atoms with van der Waals surface area (Å²) in [5, 5.41) is 0. The Hall–Kier alpha value is -6.12. The fourth-order valence-corrected chi connectivity index (χ4v) is 7.74. The third-order valence-electron chi connectivity index (χ3n) is 12.2. The zero-order chi connectivity index (χ0) is 40.4. The Bertz CT molecular complexity index is 2410. The Morgan fingerprint density at radius 2 is 0.789 bits per heavy atom. The van der Waals surface area contributed by atoms with Crippen LogP contribution < -0.4 is 9.80 Å². The van der Waals surface area contributed by atoms with Crippen molar-refractivity contribution in [3.8, 4) is 11.1 Å². The number of aryl methyl sites for hydroxylation is 1. The van der Waals surface area contributed by atoms with Crippen LogP contribution in [-0.4, -0.2) is 0 Å². The van der Waals surface area contributed by atoms with Crippen LogP contribution in [0.5, 0.6) is 0 Å². The summed E-state index contributed by atoms with van der Waals surface area (Å²) < 4.78 is 0. The lowest BCUT2D eigenvalue weighted by Gasteiger charge is -2.43. The molecule has 0 amide bonds. The second-order valence-electron chi connectivity index (χ2n) is 17.3. The number of para-hydroxylation sites is 1. The number of benzene rings is 7. The van der Waals surface area contributed by atoms with Crippen LogP contribution in [0.2, 0.25) is 0 Å². The molecule has 0 heterocycles. The SMILES string of the molecule is C=Cc1ccc(N(c2ccc(C(C)(C)C)cc2)c2ccc(C(C)(C)C(C)(C)c3ccc(N(c4ccc(C)cc4)c4ccccc4-c4ccccc4)cc3)cc2)cc1. The maximum atomic E-state index is 3.97. The van der Waals surface area contributed by atoms with Gasteiger partial charge < -0.3 is 9.80 Å². The molecule has 7 aromatic carbocycles. The Labute approximate surface area is 341 Å². The van der Waals surface area contributed by atoms with Gasteiger partial charge in [0.05, 0.1) is 5.69 Å². The largest absolute Gasteiger partial charge is 0.311 e. The van der Waals surface area contributed by atoms with Crippen molar-refractivity contribution in [2.75, 3.05) is 9.80 Å². The van der Waals surface area contributed by atoms with Crippen molar-refractivity contribution in [2.24, 2.45) is 0 Å². The van der Waals surface area contributed by atoms with Crippen molar-refractivity contribution in [1.29, 1.82) is 0 Å². The molecule has 0 radical (unpaired) electrons. The summed E-state index contributed by atoms with van der Waals surface area (Å²) in [6, 6.07) is 64.3. The third-order valence-corrected chi connectivity index (χ3v) is 12.2. The molecule has 7 aromatic rings. The van der Waals surface area contributed by atoms with Crippen LogP contribution in [0.4, 0.5) is 34.1 Å². The standard InChI is InChI=1S/C55H56N2/c1-10-41-22-32-46(33-23-41)56(47-34-24-43(25-35-47)53(3,4)5)48-36-26-44(27-37-48)54(6,7)55(8,9)45-28-38-50(39-29-45)57(49-30-20-40(2)21-31-49)52-19-15-14-18-51(52)42-16-12-11-13-17-42/h10-39H,1H2,2-9H3. The van der Waals surface area contributed by atoms with Gasteiger partial charge in [0.15, 0.2) is 0 Å². The molecule has 57 heavy (non-hydrogen) atoms. The molecule has 0 atom stereocenters. The first-order valence-electron chi connectivity index (χ1n) is 20.1. The summed E-state index contributed by atoms with van der Waals surface area (Å²) in [6.45, 7) is 22.4. The van der Waals surface area contributed by atoms with Crippen LogP contribution in [0.1, 0.15) is 76.3 Å². The average molecular weight is 745 g/mol. The highest BCUT2D eigenvalue weighted by Gasteiger charge is 2.40. The van der Waals surface area contributed by atoms with Gasteiger partial charge in [-0.15, -0.1) is 0 Å². The molecule has 0 aromatic heterocycles. The summed E-state index contributed by atoms with van der Waals surface area (Å²) >= 11 is 0. The summed E-state index contributed by atoms with van der Waals surface area (Å²) in [5.41, 5.74) is 15.1. The van der Waals surface area contributed by atoms with E-state index < -0.39 is 0 Å². The zero-order valence-electron chi connectivity index (χ0n) is 34.9. The second-order valence-corrected chi connectivity index (χ2v) is 17.3. The van der Waals surface area contributed by atoms with Crippen LogP contribution in [-0.2, 0) is 16.2 Å². The lowest BCUT2D eigenvalue weighted by Crippen LogP contribution is -2.40. The summed E-state index contributed by atoms with van der Waals surface area (Å²) in [4.78, 5) is 4.73. The fourth-order valence-electron chi connectivity index (χ4n) is 7.74. The zero-order valence-corrected chi connectivity index (χ0v) is 34.9. The molecular formula is C55H56N2. The van der Waals surface area contributed by atoms with Crippen LogP contribution in [0, 0.1) is 6.92 Å². The van der Waals surface area contributed by atoms with Crippen LogP contribution >= 0.6 is 0 Å². The summed E-state index contributed by atoms with van der Waals surface area (Å²) in [7, 11) is 0. The van der Waals surface area contributed by atoms with Gasteiger partial charge >= 0.3 is 0 Å². The van der Waals surface area contributed by atoms with Crippen molar-refractivity contribution in [1.82, 2.24) is 0 Å². The van der Waals surface area contributed by atoms with Crippen molar-refractivity contribution < 1.29 is 0 Å². The maximum Gasteiger partial charge on any atom is 0.0540 e. The second kappa shape index (κ2) is 15.8. The molecule has 0 spiro atoms. The lowest BCUT2D eigenvalue weighted by molar-refractivity contribution is 0.303. The van der Waals surface area contributed by atoms with Gasteiger partial charge in [-0.2, -0.15) is 0 Å². The van der Waals surface area contributed by atoms with Gasteiger partial charge in [-0.05, 0) is 118 Å². The van der Waals surface area contributed by atoms with Gasteiger partial charge in [0.2, 0.25) is 0 Å². The molecule has 0 unspecified atom stereocenters. The maximum absolute atomic E-state index is 3.97. The molecule has 2 nitrogen and oxygen atoms in total. The monoisotopic (exact) mass is 744 g/mol. The van der Waals surface area contributed by atoms with Crippen LogP contribution in [0.15, 0.2) is 183 Å². The molecule has 0 aliphatic carbocycles. The van der Waals surface area contributed by atoms with Gasteiger partial charge in [0, 0.05) is 34.0 Å². The molecule has 0 aliphatic rings. The number of nitrogens with zero attached hydrogens (tertiary/aromatic N) is 2. The highest BCUT2D eigenvalue weighted by Crippen LogP contribution is 2.47. The number of hydrogen-bond donors (Lipinski definition) is 0. The minimum Gasteiger partial charge on any atom is -0.311 e. The van der Waals surface area contributed by atoms with E-state index in [1.165, 1.54) is 33.4 Å². The normalized spacial score (nSPS) is 11.9. The predicted octanol–water partition coefficient (Wildman–Crippen LogP) is 15.8. The van der Waals surface area contributed by atoms with Gasteiger partial charge in [0.1, 0.15) is 0 Å². The first-order valence-corrected chi connectivity index (χ1v) is 20.1. The third kappa shape index (κ3) is 7.96. The minimum atomic E-state index is -0.188. The number of anilines is 6. The number of rotatable bonds is 11. The first kappa shape index (κ1) is 39.1. The molecule has 0 aliphatic heterocycles. The van der Waals surface area contributed by atoms with E-state index in [4.69, 9.17) is 0 Å². The van der Waals surface area contributed by atoms with Gasteiger partial charge in [-0.25, -0.2) is 0 Å². The Kier molecular flexibility index (Phi) is 10.8. The predicted molar refractivity (Wildman–Crippen MR) is 247 cm³/mol. The average Bonchev–Trinajstić information content (AvgIpc) is 3.23. The molecule has 0 saturated carbocycles. The van der Waals surface area contributed by atoms with Gasteiger partial charge in [-0.1, -0.05) is 176 Å². The highest BCUT2D eigenvalue weighted by molar-refractivity contribution is 5.88. The van der Waals surface area contributed by atoms with Gasteiger partial charge in [0.25, 0.3) is 0 Å².